The first kappa shape index (κ1) is 20.1. The van der Waals surface area contributed by atoms with Crippen LogP contribution in [0.4, 0.5) is 8.78 Å². The highest BCUT2D eigenvalue weighted by Crippen LogP contribution is 2.35. The van der Waals surface area contributed by atoms with Gasteiger partial charge in [-0.3, -0.25) is 9.78 Å². The first-order chi connectivity index (χ1) is 16.6. The fraction of sp³-hybridized carbons (Fsp3) is 0.182. The Hall–Kier alpha value is -4.48. The molecule has 1 atom stereocenters. The van der Waals surface area contributed by atoms with Crippen molar-refractivity contribution in [2.24, 2.45) is 0 Å². The molecule has 0 unspecified atom stereocenters. The van der Waals surface area contributed by atoms with Crippen molar-refractivity contribution in [1.29, 1.82) is 0 Å². The highest BCUT2D eigenvalue weighted by Gasteiger charge is 2.38. The summed E-state index contributed by atoms with van der Waals surface area (Å²) in [5.74, 6) is -0.535. The van der Waals surface area contributed by atoms with E-state index in [1.165, 1.54) is 21.5 Å². The van der Waals surface area contributed by atoms with Crippen molar-refractivity contribution in [3.05, 3.63) is 83.8 Å². The first-order valence-electron chi connectivity index (χ1n) is 10.4. The Morgan fingerprint density at radius 1 is 1.24 bits per heavy atom. The molecule has 1 aliphatic heterocycles. The number of halogens is 2. The number of nitrogens with one attached hydrogen (secondary N) is 1. The van der Waals surface area contributed by atoms with Crippen LogP contribution >= 0.6 is 0 Å². The number of nitrogens with zero attached hydrogens (tertiary/aromatic N) is 7. The minimum Gasteiger partial charge on any atom is -0.412 e. The number of amides is 1. The molecular formula is C22H16F2N8O2. The summed E-state index contributed by atoms with van der Waals surface area (Å²) < 4.78 is 34.1. The molecule has 170 valence electrons. The molecule has 0 aliphatic carbocycles. The highest BCUT2D eigenvalue weighted by molar-refractivity contribution is 5.90. The zero-order valence-corrected chi connectivity index (χ0v) is 17.5. The standard InChI is InChI=1S/C22H16F2N8O2/c23-19(24)13-4-2-7-32-16(13)9-15(30-32)18-17-14(26-11-27-17)5-8-31(18)22(33)21-29-28-20(34-21)12-3-1-6-25-10-12/h1-4,6-7,9-11,18-19H,5,8H2,(H,26,27)/t18-/m0/s1. The quantitative estimate of drug-likeness (QED) is 0.436. The summed E-state index contributed by atoms with van der Waals surface area (Å²) in [4.78, 5) is 26.5. The molecule has 5 aromatic rings. The van der Waals surface area contributed by atoms with E-state index >= 15 is 0 Å². The average Bonchev–Trinajstić information content (AvgIpc) is 3.62. The van der Waals surface area contributed by atoms with Gasteiger partial charge in [0.05, 0.1) is 28.8 Å². The lowest BCUT2D eigenvalue weighted by atomic mass is 9.99. The number of pyridine rings is 2. The highest BCUT2D eigenvalue weighted by atomic mass is 19.3. The molecule has 0 saturated carbocycles. The molecular weight excluding hydrogens is 446 g/mol. The molecule has 0 saturated heterocycles. The van der Waals surface area contributed by atoms with E-state index in [0.717, 1.165) is 5.69 Å². The summed E-state index contributed by atoms with van der Waals surface area (Å²) >= 11 is 0. The van der Waals surface area contributed by atoms with Gasteiger partial charge >= 0.3 is 11.8 Å². The summed E-state index contributed by atoms with van der Waals surface area (Å²) in [5, 5.41) is 12.4. The van der Waals surface area contributed by atoms with Crippen molar-refractivity contribution in [2.75, 3.05) is 6.54 Å². The zero-order chi connectivity index (χ0) is 23.2. The molecule has 12 heteroatoms. The van der Waals surface area contributed by atoms with Gasteiger partial charge in [0.15, 0.2) is 0 Å². The van der Waals surface area contributed by atoms with Gasteiger partial charge in [0.25, 0.3) is 6.43 Å². The van der Waals surface area contributed by atoms with E-state index in [1.807, 2.05) is 0 Å². The lowest BCUT2D eigenvalue weighted by Crippen LogP contribution is -2.41. The second kappa shape index (κ2) is 7.83. The van der Waals surface area contributed by atoms with Crippen molar-refractivity contribution in [3.63, 3.8) is 0 Å². The SMILES string of the molecule is O=C(c1nnc(-c2cccnc2)o1)N1CCc2[nH]cnc2[C@@H]1c1cc2c(C(F)F)cccn2n1. The lowest BCUT2D eigenvalue weighted by molar-refractivity contribution is 0.0646. The number of hydrogen-bond acceptors (Lipinski definition) is 7. The Kier molecular flexibility index (Phi) is 4.64. The van der Waals surface area contributed by atoms with Gasteiger partial charge in [-0.2, -0.15) is 5.10 Å². The molecule has 1 amide bonds. The molecule has 10 nitrogen and oxygen atoms in total. The topological polar surface area (TPSA) is 118 Å². The van der Waals surface area contributed by atoms with Gasteiger partial charge in [-0.25, -0.2) is 18.3 Å². The monoisotopic (exact) mass is 462 g/mol. The van der Waals surface area contributed by atoms with E-state index < -0.39 is 18.4 Å². The fourth-order valence-electron chi connectivity index (χ4n) is 4.21. The zero-order valence-electron chi connectivity index (χ0n) is 17.5. The van der Waals surface area contributed by atoms with Crippen LogP contribution in [-0.4, -0.2) is 52.1 Å². The van der Waals surface area contributed by atoms with Crippen molar-refractivity contribution in [2.45, 2.75) is 18.9 Å². The number of alkyl halides is 2. The normalized spacial score (nSPS) is 15.7. The van der Waals surface area contributed by atoms with Crippen LogP contribution in [0.3, 0.4) is 0 Å². The Labute approximate surface area is 190 Å². The largest absolute Gasteiger partial charge is 0.412 e. The van der Waals surface area contributed by atoms with Crippen LogP contribution in [0.25, 0.3) is 17.0 Å². The third-order valence-corrected chi connectivity index (χ3v) is 5.77. The number of aromatic nitrogens is 7. The molecule has 1 N–H and O–H groups in total. The van der Waals surface area contributed by atoms with E-state index in [9.17, 15) is 13.6 Å². The van der Waals surface area contributed by atoms with Gasteiger partial charge in [-0.15, -0.1) is 10.2 Å². The maximum absolute atomic E-state index is 13.6. The fourth-order valence-corrected chi connectivity index (χ4v) is 4.21. The molecule has 6 rings (SSSR count). The first-order valence-corrected chi connectivity index (χ1v) is 10.4. The molecule has 5 aromatic heterocycles. The van der Waals surface area contributed by atoms with Crippen molar-refractivity contribution < 1.29 is 18.0 Å². The third-order valence-electron chi connectivity index (χ3n) is 5.77. The molecule has 0 bridgehead atoms. The van der Waals surface area contributed by atoms with Crippen LogP contribution < -0.4 is 0 Å². The number of fused-ring (bicyclic) bond motifs is 2. The van der Waals surface area contributed by atoms with Crippen molar-refractivity contribution in [3.8, 4) is 11.5 Å². The third kappa shape index (κ3) is 3.22. The van der Waals surface area contributed by atoms with E-state index in [0.29, 0.717) is 29.9 Å². The lowest BCUT2D eigenvalue weighted by Gasteiger charge is -2.32. The van der Waals surface area contributed by atoms with Crippen molar-refractivity contribution >= 4 is 11.4 Å². The number of carbonyl (C=O) groups is 1. The maximum atomic E-state index is 13.6. The molecule has 0 radical (unpaired) electrons. The molecule has 0 spiro atoms. The van der Waals surface area contributed by atoms with Gasteiger partial charge in [0, 0.05) is 42.8 Å². The summed E-state index contributed by atoms with van der Waals surface area (Å²) in [6, 6.07) is 7.16. The second-order valence-corrected chi connectivity index (χ2v) is 7.73. The van der Waals surface area contributed by atoms with Gasteiger partial charge in [-0.05, 0) is 30.3 Å². The minimum atomic E-state index is -2.66. The number of H-pyrrole nitrogens is 1. The van der Waals surface area contributed by atoms with Crippen LogP contribution in [0.5, 0.6) is 0 Å². The van der Waals surface area contributed by atoms with Gasteiger partial charge in [-0.1, -0.05) is 0 Å². The second-order valence-electron chi connectivity index (χ2n) is 7.73. The van der Waals surface area contributed by atoms with Crippen LogP contribution in [0.2, 0.25) is 0 Å². The molecule has 0 aromatic carbocycles. The number of imidazole rings is 1. The predicted octanol–water partition coefficient (Wildman–Crippen LogP) is 3.23. The van der Waals surface area contributed by atoms with E-state index in [1.54, 1.807) is 43.1 Å². The van der Waals surface area contributed by atoms with E-state index in [4.69, 9.17) is 4.42 Å². The van der Waals surface area contributed by atoms with Crippen molar-refractivity contribution in [1.82, 2.24) is 39.7 Å². The molecule has 6 heterocycles. The Bertz CT molecular complexity index is 1490. The Balaban J connectivity index is 1.42. The van der Waals surface area contributed by atoms with Crippen LogP contribution in [-0.2, 0) is 6.42 Å². The Morgan fingerprint density at radius 3 is 2.97 bits per heavy atom. The van der Waals surface area contributed by atoms with Gasteiger partial charge < -0.3 is 14.3 Å². The maximum Gasteiger partial charge on any atom is 0.312 e. The van der Waals surface area contributed by atoms with Crippen LogP contribution in [0.15, 0.2) is 59.7 Å². The Morgan fingerprint density at radius 2 is 2.15 bits per heavy atom. The number of carbonyl (C=O) groups excluding carboxylic acids is 1. The predicted molar refractivity (Wildman–Crippen MR) is 113 cm³/mol. The molecule has 34 heavy (non-hydrogen) atoms. The molecule has 0 fully saturated rings. The molecule has 1 aliphatic rings. The van der Waals surface area contributed by atoms with Crippen LogP contribution in [0, 0.1) is 0 Å². The van der Waals surface area contributed by atoms with E-state index in [2.05, 4.69) is 30.2 Å². The number of hydrogen-bond donors (Lipinski definition) is 1. The number of rotatable bonds is 4. The summed E-state index contributed by atoms with van der Waals surface area (Å²) in [7, 11) is 0. The minimum absolute atomic E-state index is 0.143. The summed E-state index contributed by atoms with van der Waals surface area (Å²) in [6.07, 6.45) is 4.15. The average molecular weight is 462 g/mol. The number of aromatic amines is 1. The van der Waals surface area contributed by atoms with E-state index in [-0.39, 0.29) is 22.9 Å². The van der Waals surface area contributed by atoms with Crippen LogP contribution in [0.1, 0.15) is 45.8 Å². The smallest absolute Gasteiger partial charge is 0.312 e. The van der Waals surface area contributed by atoms with Gasteiger partial charge in [0.2, 0.25) is 5.89 Å². The summed E-state index contributed by atoms with van der Waals surface area (Å²) in [5.41, 5.74) is 2.55. The summed E-state index contributed by atoms with van der Waals surface area (Å²) in [6.45, 7) is 0.318. The van der Waals surface area contributed by atoms with Gasteiger partial charge in [0.1, 0.15) is 6.04 Å².